The van der Waals surface area contributed by atoms with E-state index in [0.717, 1.165) is 25.9 Å². The normalized spacial score (nSPS) is 11.1. The van der Waals surface area contributed by atoms with Gasteiger partial charge in [-0.3, -0.25) is 9.20 Å². The molecule has 0 radical (unpaired) electrons. The minimum Gasteiger partial charge on any atom is -0.306 e. The van der Waals surface area contributed by atoms with Crippen LogP contribution in [0.4, 0.5) is 5.82 Å². The molecule has 0 bridgehead atoms. The van der Waals surface area contributed by atoms with E-state index in [1.165, 1.54) is 5.39 Å². The van der Waals surface area contributed by atoms with E-state index in [4.69, 9.17) is 4.98 Å². The standard InChI is InChI=1S/C24H16IN3O/c25-20-12-10-17(11-13-20)24(29)27-23-22(26-21-7-3-4-14-28(21)23)19-9-8-16-5-1-2-6-18(16)15-19/h1-15H,(H,27,29). The first-order valence-corrected chi connectivity index (χ1v) is 10.3. The summed E-state index contributed by atoms with van der Waals surface area (Å²) in [5.41, 5.74) is 3.11. The number of halogens is 1. The van der Waals surface area contributed by atoms with Crippen molar-refractivity contribution in [3.05, 3.63) is 100 Å². The van der Waals surface area contributed by atoms with Gasteiger partial charge in [0.1, 0.15) is 17.2 Å². The van der Waals surface area contributed by atoms with Crippen molar-refractivity contribution in [2.24, 2.45) is 0 Å². The molecule has 1 amide bonds. The van der Waals surface area contributed by atoms with Gasteiger partial charge in [0.05, 0.1) is 0 Å². The molecule has 0 aliphatic heterocycles. The van der Waals surface area contributed by atoms with Gasteiger partial charge >= 0.3 is 0 Å². The van der Waals surface area contributed by atoms with E-state index < -0.39 is 0 Å². The Hall–Kier alpha value is -3.19. The molecule has 0 saturated carbocycles. The number of aromatic nitrogens is 2. The Morgan fingerprint density at radius 1 is 0.862 bits per heavy atom. The molecular weight excluding hydrogens is 473 g/mol. The second-order valence-electron chi connectivity index (χ2n) is 6.76. The summed E-state index contributed by atoms with van der Waals surface area (Å²) in [6, 6.07) is 27.8. The first-order chi connectivity index (χ1) is 14.2. The van der Waals surface area contributed by atoms with Gasteiger partial charge in [-0.2, -0.15) is 0 Å². The van der Waals surface area contributed by atoms with E-state index >= 15 is 0 Å². The summed E-state index contributed by atoms with van der Waals surface area (Å²) < 4.78 is 3.00. The largest absolute Gasteiger partial charge is 0.306 e. The Bertz CT molecular complexity index is 1360. The van der Waals surface area contributed by atoms with E-state index in [1.807, 2.05) is 71.3 Å². The fraction of sp³-hybridized carbons (Fsp3) is 0. The molecule has 5 rings (SSSR count). The molecule has 140 valence electrons. The molecular formula is C24H16IN3O. The number of amides is 1. The Morgan fingerprint density at radius 3 is 2.45 bits per heavy atom. The SMILES string of the molecule is O=C(Nc1c(-c2ccc3ccccc3c2)nc2ccccn12)c1ccc(I)cc1. The number of pyridine rings is 1. The smallest absolute Gasteiger partial charge is 0.256 e. The van der Waals surface area contributed by atoms with Crippen LogP contribution < -0.4 is 5.32 Å². The maximum atomic E-state index is 12.9. The number of rotatable bonds is 3. The summed E-state index contributed by atoms with van der Waals surface area (Å²) in [6.45, 7) is 0. The van der Waals surface area contributed by atoms with Crippen LogP contribution in [0, 0.1) is 3.57 Å². The van der Waals surface area contributed by atoms with Gasteiger partial charge in [0.15, 0.2) is 0 Å². The Balaban J connectivity index is 1.63. The number of hydrogen-bond donors (Lipinski definition) is 1. The van der Waals surface area contributed by atoms with Crippen molar-refractivity contribution in [2.45, 2.75) is 0 Å². The molecule has 4 nitrogen and oxygen atoms in total. The van der Waals surface area contributed by atoms with Crippen molar-refractivity contribution >= 4 is 50.7 Å². The summed E-state index contributed by atoms with van der Waals surface area (Å²) in [4.78, 5) is 17.7. The van der Waals surface area contributed by atoms with Gasteiger partial charge in [-0.05, 0) is 75.8 Å². The van der Waals surface area contributed by atoms with Crippen molar-refractivity contribution in [3.8, 4) is 11.3 Å². The molecule has 0 aliphatic rings. The van der Waals surface area contributed by atoms with Crippen molar-refractivity contribution in [3.63, 3.8) is 0 Å². The fourth-order valence-corrected chi connectivity index (χ4v) is 3.79. The zero-order valence-corrected chi connectivity index (χ0v) is 17.5. The molecule has 2 heterocycles. The van der Waals surface area contributed by atoms with Crippen LogP contribution in [0.3, 0.4) is 0 Å². The Morgan fingerprint density at radius 2 is 1.62 bits per heavy atom. The van der Waals surface area contributed by atoms with Gasteiger partial charge in [-0.25, -0.2) is 4.98 Å². The molecule has 0 aliphatic carbocycles. The zero-order valence-electron chi connectivity index (χ0n) is 15.3. The number of nitrogens with one attached hydrogen (secondary N) is 1. The summed E-state index contributed by atoms with van der Waals surface area (Å²) in [5.74, 6) is 0.508. The maximum absolute atomic E-state index is 12.9. The molecule has 29 heavy (non-hydrogen) atoms. The Kier molecular flexibility index (Phi) is 4.52. The van der Waals surface area contributed by atoms with Crippen molar-refractivity contribution in [1.29, 1.82) is 0 Å². The summed E-state index contributed by atoms with van der Waals surface area (Å²) in [7, 11) is 0. The number of carbonyl (C=O) groups excluding carboxylic acids is 1. The quantitative estimate of drug-likeness (QED) is 0.316. The third-order valence-corrected chi connectivity index (χ3v) is 5.61. The predicted octanol–water partition coefficient (Wildman–Crippen LogP) is 6.01. The highest BCUT2D eigenvalue weighted by Crippen LogP contribution is 2.31. The molecule has 0 saturated heterocycles. The molecule has 0 atom stereocenters. The monoisotopic (exact) mass is 489 g/mol. The number of nitrogens with zero attached hydrogens (tertiary/aromatic N) is 2. The van der Waals surface area contributed by atoms with Crippen molar-refractivity contribution in [1.82, 2.24) is 9.38 Å². The highest BCUT2D eigenvalue weighted by molar-refractivity contribution is 14.1. The molecule has 0 unspecified atom stereocenters. The third kappa shape index (κ3) is 3.38. The number of hydrogen-bond acceptors (Lipinski definition) is 2. The molecule has 0 spiro atoms. The van der Waals surface area contributed by atoms with Gasteiger partial charge in [0, 0.05) is 20.9 Å². The van der Waals surface area contributed by atoms with Gasteiger partial charge in [-0.1, -0.05) is 42.5 Å². The number of fused-ring (bicyclic) bond motifs is 2. The van der Waals surface area contributed by atoms with E-state index in [1.54, 1.807) is 0 Å². The van der Waals surface area contributed by atoms with E-state index in [9.17, 15) is 4.79 Å². The second kappa shape index (κ2) is 7.33. The van der Waals surface area contributed by atoms with Gasteiger partial charge in [0.2, 0.25) is 0 Å². The predicted molar refractivity (Wildman–Crippen MR) is 125 cm³/mol. The molecule has 3 aromatic carbocycles. The van der Waals surface area contributed by atoms with Crippen LogP contribution in [0.5, 0.6) is 0 Å². The van der Waals surface area contributed by atoms with E-state index in [2.05, 4.69) is 52.2 Å². The summed E-state index contributed by atoms with van der Waals surface area (Å²) in [6.07, 6.45) is 1.91. The number of benzene rings is 3. The molecule has 2 aromatic heterocycles. The number of imidazole rings is 1. The zero-order chi connectivity index (χ0) is 19.8. The average Bonchev–Trinajstić information content (AvgIpc) is 3.12. The van der Waals surface area contributed by atoms with Crippen LogP contribution in [0.15, 0.2) is 91.1 Å². The van der Waals surface area contributed by atoms with Crippen molar-refractivity contribution < 1.29 is 4.79 Å². The fourth-order valence-electron chi connectivity index (χ4n) is 3.43. The first-order valence-electron chi connectivity index (χ1n) is 9.22. The molecule has 1 N–H and O–H groups in total. The van der Waals surface area contributed by atoms with Gasteiger partial charge in [-0.15, -0.1) is 0 Å². The minimum absolute atomic E-state index is 0.158. The average molecular weight is 489 g/mol. The van der Waals surface area contributed by atoms with Crippen LogP contribution in [0.1, 0.15) is 10.4 Å². The highest BCUT2D eigenvalue weighted by Gasteiger charge is 2.17. The molecule has 5 aromatic rings. The first kappa shape index (κ1) is 17.9. The molecule has 5 heteroatoms. The lowest BCUT2D eigenvalue weighted by molar-refractivity contribution is 0.102. The van der Waals surface area contributed by atoms with Crippen LogP contribution in [-0.4, -0.2) is 15.3 Å². The van der Waals surface area contributed by atoms with Crippen LogP contribution >= 0.6 is 22.6 Å². The minimum atomic E-state index is -0.158. The van der Waals surface area contributed by atoms with Gasteiger partial charge < -0.3 is 5.32 Å². The second-order valence-corrected chi connectivity index (χ2v) is 8.01. The van der Waals surface area contributed by atoms with Crippen molar-refractivity contribution in [2.75, 3.05) is 5.32 Å². The van der Waals surface area contributed by atoms with E-state index in [-0.39, 0.29) is 5.91 Å². The summed E-state index contributed by atoms with van der Waals surface area (Å²) in [5, 5.41) is 5.38. The molecule has 0 fully saturated rings. The lowest BCUT2D eigenvalue weighted by Gasteiger charge is -2.09. The Labute approximate surface area is 181 Å². The maximum Gasteiger partial charge on any atom is 0.256 e. The lowest BCUT2D eigenvalue weighted by atomic mass is 10.1. The number of carbonyl (C=O) groups is 1. The lowest BCUT2D eigenvalue weighted by Crippen LogP contribution is -2.14. The van der Waals surface area contributed by atoms with E-state index in [0.29, 0.717) is 11.4 Å². The summed E-state index contributed by atoms with van der Waals surface area (Å²) >= 11 is 2.23. The van der Waals surface area contributed by atoms with Crippen LogP contribution in [0.25, 0.3) is 27.7 Å². The number of anilines is 1. The van der Waals surface area contributed by atoms with Crippen LogP contribution in [-0.2, 0) is 0 Å². The van der Waals surface area contributed by atoms with Crippen LogP contribution in [0.2, 0.25) is 0 Å². The van der Waals surface area contributed by atoms with Gasteiger partial charge in [0.25, 0.3) is 5.91 Å². The highest BCUT2D eigenvalue weighted by atomic mass is 127. The topological polar surface area (TPSA) is 46.4 Å². The third-order valence-electron chi connectivity index (χ3n) is 4.89.